The Kier molecular flexibility index (Phi) is 9.44. The molecule has 1 saturated heterocycles. The average molecular weight is 561 g/mol. The number of nitrogens with one attached hydrogen (secondary N) is 3. The van der Waals surface area contributed by atoms with Crippen LogP contribution in [-0.2, 0) is 19.6 Å². The van der Waals surface area contributed by atoms with Crippen LogP contribution in [0.4, 0.5) is 0 Å². The number of aliphatic hydroxyl groups excluding tert-OH is 1. The van der Waals surface area contributed by atoms with Gasteiger partial charge in [0.25, 0.3) is 0 Å². The number of amides is 2. The highest BCUT2D eigenvalue weighted by molar-refractivity contribution is 7.89. The summed E-state index contributed by atoms with van der Waals surface area (Å²) in [6.07, 6.45) is 0.322. The highest BCUT2D eigenvalue weighted by atomic mass is 32.2. The van der Waals surface area contributed by atoms with E-state index in [9.17, 15) is 23.1 Å². The van der Waals surface area contributed by atoms with Crippen molar-refractivity contribution in [1.82, 2.24) is 20.3 Å². The van der Waals surface area contributed by atoms with Crippen molar-refractivity contribution >= 4 is 21.8 Å². The lowest BCUT2D eigenvalue weighted by Gasteiger charge is -2.31. The number of ether oxygens (including phenoxy) is 2. The summed E-state index contributed by atoms with van der Waals surface area (Å²) in [5, 5.41) is 19.8. The Morgan fingerprint density at radius 2 is 1.85 bits per heavy atom. The van der Waals surface area contributed by atoms with Crippen LogP contribution in [0, 0.1) is 5.92 Å². The first kappa shape index (κ1) is 28.8. The quantitative estimate of drug-likeness (QED) is 0.302. The maximum absolute atomic E-state index is 13.7. The van der Waals surface area contributed by atoms with Crippen LogP contribution in [0.3, 0.4) is 0 Å². The summed E-state index contributed by atoms with van der Waals surface area (Å²) in [6.45, 7) is 4.15. The maximum Gasteiger partial charge on any atom is 0.243 e. The number of nitrogens with zero attached hydrogens (tertiary/aromatic N) is 1. The molecule has 2 amide bonds. The first-order valence-corrected chi connectivity index (χ1v) is 14.5. The van der Waals surface area contributed by atoms with E-state index in [1.165, 1.54) is 16.4 Å². The molecule has 0 aliphatic carbocycles. The Morgan fingerprint density at radius 3 is 2.54 bits per heavy atom. The van der Waals surface area contributed by atoms with Gasteiger partial charge in [-0.3, -0.25) is 9.59 Å². The molecule has 4 rings (SSSR count). The van der Waals surface area contributed by atoms with Crippen LogP contribution in [0.1, 0.15) is 38.3 Å². The Bertz CT molecular complexity index is 1250. The number of hydrogen-bond donors (Lipinski definition) is 4. The predicted molar refractivity (Wildman–Crippen MR) is 144 cm³/mol. The first-order chi connectivity index (χ1) is 18.6. The van der Waals surface area contributed by atoms with E-state index in [0.29, 0.717) is 23.5 Å². The molecule has 2 heterocycles. The van der Waals surface area contributed by atoms with Crippen molar-refractivity contribution in [3.8, 4) is 11.5 Å². The maximum atomic E-state index is 13.7. The summed E-state index contributed by atoms with van der Waals surface area (Å²) in [4.78, 5) is 25.2. The summed E-state index contributed by atoms with van der Waals surface area (Å²) < 4.78 is 39.2. The third kappa shape index (κ3) is 7.27. The van der Waals surface area contributed by atoms with Crippen LogP contribution in [0.15, 0.2) is 53.4 Å². The van der Waals surface area contributed by atoms with Gasteiger partial charge in [0.05, 0.1) is 29.6 Å². The van der Waals surface area contributed by atoms with Gasteiger partial charge in [0.15, 0.2) is 11.5 Å². The van der Waals surface area contributed by atoms with Gasteiger partial charge < -0.3 is 30.5 Å². The molecular weight excluding hydrogens is 524 g/mol. The molecule has 1 fully saturated rings. The summed E-state index contributed by atoms with van der Waals surface area (Å²) in [7, 11) is -4.03. The van der Waals surface area contributed by atoms with E-state index < -0.39 is 28.1 Å². The minimum atomic E-state index is -4.03. The molecule has 0 radical (unpaired) electrons. The molecule has 0 unspecified atom stereocenters. The number of aliphatic hydroxyl groups is 1. The number of carbonyl (C=O) groups is 2. The molecular formula is C27H36N4O7S. The molecule has 0 bridgehead atoms. The molecule has 3 atom stereocenters. The number of carbonyl (C=O) groups excluding carboxylic acids is 2. The number of rotatable bonds is 12. The Morgan fingerprint density at radius 1 is 1.10 bits per heavy atom. The molecule has 12 heteroatoms. The molecule has 2 aliphatic rings. The molecule has 2 aliphatic heterocycles. The third-order valence-electron chi connectivity index (χ3n) is 6.60. The molecule has 4 N–H and O–H groups in total. The van der Waals surface area contributed by atoms with Gasteiger partial charge >= 0.3 is 0 Å². The summed E-state index contributed by atoms with van der Waals surface area (Å²) in [5.74, 6) is 0.0169. The number of sulfonamides is 1. The molecule has 0 spiro atoms. The van der Waals surface area contributed by atoms with E-state index in [1.54, 1.807) is 36.4 Å². The van der Waals surface area contributed by atoms with Crippen molar-refractivity contribution in [2.45, 2.75) is 49.8 Å². The zero-order chi connectivity index (χ0) is 28.0. The molecule has 0 aromatic heterocycles. The van der Waals surface area contributed by atoms with E-state index in [-0.39, 0.29) is 49.2 Å². The van der Waals surface area contributed by atoms with E-state index in [4.69, 9.17) is 9.47 Å². The summed E-state index contributed by atoms with van der Waals surface area (Å²) in [5.41, 5.74) is 0.604. The fourth-order valence-electron chi connectivity index (χ4n) is 4.66. The number of fused-ring (bicyclic) bond motifs is 1. The van der Waals surface area contributed by atoms with Crippen LogP contribution in [0.5, 0.6) is 11.5 Å². The minimum absolute atomic E-state index is 0.0168. The third-order valence-corrected chi connectivity index (χ3v) is 8.43. The lowest BCUT2D eigenvalue weighted by atomic mass is 10.0. The van der Waals surface area contributed by atoms with Gasteiger partial charge in [-0.15, -0.1) is 0 Å². The van der Waals surface area contributed by atoms with Crippen molar-refractivity contribution in [2.24, 2.45) is 5.92 Å². The fourth-order valence-corrected chi connectivity index (χ4v) is 6.30. The molecule has 39 heavy (non-hydrogen) atoms. The van der Waals surface area contributed by atoms with Crippen molar-refractivity contribution in [3.05, 3.63) is 54.1 Å². The first-order valence-electron chi connectivity index (χ1n) is 13.1. The number of hydrogen-bond acceptors (Lipinski definition) is 8. The summed E-state index contributed by atoms with van der Waals surface area (Å²) in [6, 6.07) is 12.0. The Balaban J connectivity index is 1.51. The smallest absolute Gasteiger partial charge is 0.243 e. The van der Waals surface area contributed by atoms with Crippen LogP contribution in [0.2, 0.25) is 0 Å². The van der Waals surface area contributed by atoms with Gasteiger partial charge in [-0.2, -0.15) is 4.31 Å². The van der Waals surface area contributed by atoms with E-state index >= 15 is 0 Å². The Hall–Kier alpha value is -3.19. The van der Waals surface area contributed by atoms with Crippen LogP contribution in [-0.4, -0.2) is 74.8 Å². The SMILES string of the molecule is CC(C)CN(C[C@@H](O)[C@@H](NC(=O)CNC(=O)[C@@H]1CCCN1)c1ccccc1)S(=O)(=O)c1ccc2c(c1)OCO2. The van der Waals surface area contributed by atoms with Gasteiger partial charge in [0, 0.05) is 19.2 Å². The van der Waals surface area contributed by atoms with E-state index in [1.807, 2.05) is 13.8 Å². The lowest BCUT2D eigenvalue weighted by molar-refractivity contribution is -0.127. The zero-order valence-corrected chi connectivity index (χ0v) is 22.9. The predicted octanol–water partition coefficient (Wildman–Crippen LogP) is 1.15. The van der Waals surface area contributed by atoms with Crippen molar-refractivity contribution in [1.29, 1.82) is 0 Å². The van der Waals surface area contributed by atoms with Gasteiger partial charge in [-0.1, -0.05) is 44.2 Å². The second kappa shape index (κ2) is 12.8. The standard InChI is InChI=1S/C27H36N4O7S/c1-18(2)15-31(39(35,36)20-10-11-23-24(13-20)38-17-37-23)16-22(32)26(19-7-4-3-5-8-19)30-25(33)14-29-27(34)21-9-6-12-28-21/h3-5,7-8,10-11,13,18,21-22,26,28,32H,6,9,12,14-17H2,1-2H3,(H,29,34)(H,30,33)/t21-,22+,26-/m0/s1. The van der Waals surface area contributed by atoms with Crippen molar-refractivity contribution < 1.29 is 32.6 Å². The normalized spacial score (nSPS) is 18.2. The van der Waals surface area contributed by atoms with Gasteiger partial charge in [-0.25, -0.2) is 8.42 Å². The van der Waals surface area contributed by atoms with Crippen LogP contribution >= 0.6 is 0 Å². The minimum Gasteiger partial charge on any atom is -0.454 e. The molecule has 212 valence electrons. The zero-order valence-electron chi connectivity index (χ0n) is 22.1. The van der Waals surface area contributed by atoms with Crippen LogP contribution < -0.4 is 25.4 Å². The second-order valence-corrected chi connectivity index (χ2v) is 12.1. The van der Waals surface area contributed by atoms with Gasteiger partial charge in [-0.05, 0) is 43.0 Å². The molecule has 0 saturated carbocycles. The molecule has 2 aromatic rings. The number of benzene rings is 2. The molecule has 11 nitrogen and oxygen atoms in total. The van der Waals surface area contributed by atoms with Crippen LogP contribution in [0.25, 0.3) is 0 Å². The monoisotopic (exact) mass is 560 g/mol. The highest BCUT2D eigenvalue weighted by Crippen LogP contribution is 2.35. The van der Waals surface area contributed by atoms with Gasteiger partial charge in [0.2, 0.25) is 28.6 Å². The average Bonchev–Trinajstić information content (AvgIpc) is 3.62. The lowest BCUT2D eigenvalue weighted by Crippen LogP contribution is -2.49. The van der Waals surface area contributed by atoms with E-state index in [2.05, 4.69) is 16.0 Å². The topological polar surface area (TPSA) is 146 Å². The van der Waals surface area contributed by atoms with Crippen molar-refractivity contribution in [2.75, 3.05) is 33.0 Å². The second-order valence-electron chi connectivity index (χ2n) is 10.1. The highest BCUT2D eigenvalue weighted by Gasteiger charge is 2.33. The largest absolute Gasteiger partial charge is 0.454 e. The van der Waals surface area contributed by atoms with E-state index in [0.717, 1.165) is 13.0 Å². The van der Waals surface area contributed by atoms with Gasteiger partial charge in [0.1, 0.15) is 0 Å². The molecule has 2 aromatic carbocycles. The Labute approximate surface area is 228 Å². The van der Waals surface area contributed by atoms with Crippen molar-refractivity contribution in [3.63, 3.8) is 0 Å². The summed E-state index contributed by atoms with van der Waals surface area (Å²) >= 11 is 0. The fraction of sp³-hybridized carbons (Fsp3) is 0.481.